The average Bonchev–Trinajstić information content (AvgIpc) is 3.22. The van der Waals surface area contributed by atoms with Gasteiger partial charge in [-0.3, -0.25) is 9.69 Å². The number of carbonyl (C=O) groups is 1. The van der Waals surface area contributed by atoms with Crippen molar-refractivity contribution in [1.29, 1.82) is 0 Å². The van der Waals surface area contributed by atoms with E-state index in [2.05, 4.69) is 53.2 Å². The van der Waals surface area contributed by atoms with E-state index in [0.29, 0.717) is 40.2 Å². The molecule has 3 aromatic rings. The summed E-state index contributed by atoms with van der Waals surface area (Å²) in [6, 6.07) is 8.33. The lowest BCUT2D eigenvalue weighted by molar-refractivity contribution is 0.0342. The molecule has 31 heavy (non-hydrogen) atoms. The van der Waals surface area contributed by atoms with E-state index in [1.165, 1.54) is 5.56 Å². The predicted octanol–water partition coefficient (Wildman–Crippen LogP) is 2.99. The van der Waals surface area contributed by atoms with E-state index in [0.717, 1.165) is 44.8 Å². The van der Waals surface area contributed by atoms with Crippen molar-refractivity contribution < 1.29 is 14.3 Å². The van der Waals surface area contributed by atoms with Crippen LogP contribution in [0.3, 0.4) is 0 Å². The van der Waals surface area contributed by atoms with Crippen LogP contribution in [-0.4, -0.2) is 72.3 Å². The molecular formula is C22H26BrN5O3. The molecule has 164 valence electrons. The Hall–Kier alpha value is -2.33. The molecule has 1 aromatic carbocycles. The van der Waals surface area contributed by atoms with Crippen molar-refractivity contribution in [3.8, 4) is 11.4 Å². The molecule has 1 aliphatic heterocycles. The number of amides is 1. The van der Waals surface area contributed by atoms with Crippen molar-refractivity contribution >= 4 is 33.0 Å². The molecular weight excluding hydrogens is 462 g/mol. The molecule has 2 N–H and O–H groups in total. The third-order valence-electron chi connectivity index (χ3n) is 5.25. The Balaban J connectivity index is 1.52. The van der Waals surface area contributed by atoms with Crippen LogP contribution >= 0.6 is 15.9 Å². The highest BCUT2D eigenvalue weighted by Crippen LogP contribution is 2.27. The number of morpholine rings is 1. The molecule has 8 nitrogen and oxygen atoms in total. The van der Waals surface area contributed by atoms with Crippen LogP contribution in [-0.2, 0) is 16.0 Å². The van der Waals surface area contributed by atoms with Crippen LogP contribution in [0.2, 0.25) is 0 Å². The fraction of sp³-hybridized carbons (Fsp3) is 0.409. The Labute approximate surface area is 189 Å². The number of nitrogens with zero attached hydrogens (tertiary/aromatic N) is 3. The molecule has 1 aliphatic rings. The van der Waals surface area contributed by atoms with Crippen LogP contribution in [0.15, 0.2) is 34.9 Å². The summed E-state index contributed by atoms with van der Waals surface area (Å²) in [6.45, 7) is 5.55. The lowest BCUT2D eigenvalue weighted by atomic mass is 10.1. The Morgan fingerprint density at radius 2 is 2.06 bits per heavy atom. The molecule has 0 bridgehead atoms. The van der Waals surface area contributed by atoms with Gasteiger partial charge in [-0.25, -0.2) is 9.97 Å². The molecule has 1 amide bonds. The third kappa shape index (κ3) is 5.30. The minimum absolute atomic E-state index is 0.175. The quantitative estimate of drug-likeness (QED) is 0.474. The molecule has 0 radical (unpaired) electrons. The second-order valence-corrected chi connectivity index (χ2v) is 8.31. The largest absolute Gasteiger partial charge is 0.385 e. The van der Waals surface area contributed by atoms with Gasteiger partial charge in [0.05, 0.1) is 28.8 Å². The van der Waals surface area contributed by atoms with Crippen LogP contribution < -0.4 is 5.32 Å². The van der Waals surface area contributed by atoms with Gasteiger partial charge in [-0.1, -0.05) is 24.3 Å². The molecule has 0 spiro atoms. The summed E-state index contributed by atoms with van der Waals surface area (Å²) in [5.74, 6) is 0.512. The number of halogens is 1. The second-order valence-electron chi connectivity index (χ2n) is 7.45. The van der Waals surface area contributed by atoms with Gasteiger partial charge in [0, 0.05) is 51.7 Å². The molecule has 4 rings (SSSR count). The Morgan fingerprint density at radius 1 is 1.29 bits per heavy atom. The van der Waals surface area contributed by atoms with Crippen LogP contribution in [0.5, 0.6) is 0 Å². The topological polar surface area (TPSA) is 92.4 Å². The summed E-state index contributed by atoms with van der Waals surface area (Å²) in [5, 5.41) is 2.92. The molecule has 3 heterocycles. The Morgan fingerprint density at radius 3 is 2.81 bits per heavy atom. The highest BCUT2D eigenvalue weighted by Gasteiger charge is 2.19. The smallest absolute Gasteiger partial charge is 0.254 e. The zero-order chi connectivity index (χ0) is 21.6. The molecule has 1 fully saturated rings. The summed E-state index contributed by atoms with van der Waals surface area (Å²) in [4.78, 5) is 27.4. The predicted molar refractivity (Wildman–Crippen MR) is 122 cm³/mol. The number of hydrogen-bond acceptors (Lipinski definition) is 6. The minimum Gasteiger partial charge on any atom is -0.385 e. The minimum atomic E-state index is -0.175. The molecule has 0 saturated carbocycles. The number of nitrogens with one attached hydrogen (secondary N) is 2. The summed E-state index contributed by atoms with van der Waals surface area (Å²) in [7, 11) is 1.64. The van der Waals surface area contributed by atoms with Gasteiger partial charge >= 0.3 is 0 Å². The lowest BCUT2D eigenvalue weighted by Gasteiger charge is -2.26. The summed E-state index contributed by atoms with van der Waals surface area (Å²) in [6.07, 6.45) is 2.36. The van der Waals surface area contributed by atoms with Crippen molar-refractivity contribution in [2.75, 3.05) is 46.6 Å². The maximum atomic E-state index is 12.8. The highest BCUT2D eigenvalue weighted by atomic mass is 79.9. The maximum Gasteiger partial charge on any atom is 0.254 e. The first-order valence-electron chi connectivity index (χ1n) is 10.4. The van der Waals surface area contributed by atoms with E-state index in [4.69, 9.17) is 9.47 Å². The standard InChI is InChI=1S/C22H26BrN5O3/c1-30-10-2-7-24-22(29)18-17(23)13-25-21-19(18)26-20(27-21)16-5-3-15(4-6-16)14-28-8-11-31-12-9-28/h3-6,13H,2,7-12,14H2,1H3,(H,24,29)(H,25,26,27). The number of ether oxygens (including phenoxy) is 2. The molecule has 0 unspecified atom stereocenters. The van der Waals surface area contributed by atoms with Gasteiger partial charge in [0.15, 0.2) is 5.65 Å². The van der Waals surface area contributed by atoms with Gasteiger partial charge < -0.3 is 19.8 Å². The number of carbonyl (C=O) groups excluding carboxylic acids is 1. The fourth-order valence-electron chi connectivity index (χ4n) is 3.58. The van der Waals surface area contributed by atoms with Crippen LogP contribution in [0.25, 0.3) is 22.6 Å². The Kier molecular flexibility index (Phi) is 7.29. The first kappa shape index (κ1) is 21.9. The SMILES string of the molecule is COCCCNC(=O)c1c(Br)cnc2nc(-c3ccc(CN4CCOCC4)cc3)[nH]c12. The van der Waals surface area contributed by atoms with Gasteiger partial charge in [0.2, 0.25) is 0 Å². The van der Waals surface area contributed by atoms with Gasteiger partial charge in [0.1, 0.15) is 5.82 Å². The molecule has 2 aromatic heterocycles. The molecule has 1 saturated heterocycles. The van der Waals surface area contributed by atoms with Crippen molar-refractivity contribution in [1.82, 2.24) is 25.2 Å². The van der Waals surface area contributed by atoms with Crippen molar-refractivity contribution in [2.45, 2.75) is 13.0 Å². The Bertz CT molecular complexity index is 1030. The normalized spacial score (nSPS) is 14.8. The number of fused-ring (bicyclic) bond motifs is 1. The van der Waals surface area contributed by atoms with Crippen LogP contribution in [0.4, 0.5) is 0 Å². The first-order valence-corrected chi connectivity index (χ1v) is 11.2. The number of pyridine rings is 1. The number of benzene rings is 1. The number of hydrogen-bond donors (Lipinski definition) is 2. The van der Waals surface area contributed by atoms with Crippen LogP contribution in [0, 0.1) is 0 Å². The number of imidazole rings is 1. The first-order chi connectivity index (χ1) is 15.2. The number of aromatic amines is 1. The van der Waals surface area contributed by atoms with Gasteiger partial charge in [-0.05, 0) is 27.9 Å². The summed E-state index contributed by atoms with van der Waals surface area (Å²) in [5.41, 5.74) is 3.83. The van der Waals surface area contributed by atoms with E-state index in [1.54, 1.807) is 13.3 Å². The van der Waals surface area contributed by atoms with E-state index >= 15 is 0 Å². The van der Waals surface area contributed by atoms with Crippen molar-refractivity contribution in [3.63, 3.8) is 0 Å². The number of rotatable bonds is 8. The van der Waals surface area contributed by atoms with E-state index in [1.807, 2.05) is 12.1 Å². The van der Waals surface area contributed by atoms with Gasteiger partial charge in [0.25, 0.3) is 5.91 Å². The summed E-state index contributed by atoms with van der Waals surface area (Å²) >= 11 is 3.45. The van der Waals surface area contributed by atoms with Gasteiger partial charge in [-0.2, -0.15) is 0 Å². The number of aromatic nitrogens is 3. The van der Waals surface area contributed by atoms with Crippen molar-refractivity contribution in [3.05, 3.63) is 46.1 Å². The molecule has 0 aliphatic carbocycles. The third-order valence-corrected chi connectivity index (χ3v) is 5.85. The van der Waals surface area contributed by atoms with Gasteiger partial charge in [-0.15, -0.1) is 0 Å². The zero-order valence-corrected chi connectivity index (χ0v) is 19.1. The van der Waals surface area contributed by atoms with E-state index < -0.39 is 0 Å². The molecule has 0 atom stereocenters. The maximum absolute atomic E-state index is 12.8. The highest BCUT2D eigenvalue weighted by molar-refractivity contribution is 9.10. The zero-order valence-electron chi connectivity index (χ0n) is 17.5. The molecule has 9 heteroatoms. The number of methoxy groups -OCH3 is 1. The van der Waals surface area contributed by atoms with Crippen molar-refractivity contribution in [2.24, 2.45) is 0 Å². The fourth-order valence-corrected chi connectivity index (χ4v) is 4.07. The van der Waals surface area contributed by atoms with E-state index in [-0.39, 0.29) is 5.91 Å². The van der Waals surface area contributed by atoms with E-state index in [9.17, 15) is 4.79 Å². The average molecular weight is 488 g/mol. The number of H-pyrrole nitrogens is 1. The lowest BCUT2D eigenvalue weighted by Crippen LogP contribution is -2.35. The second kappa shape index (κ2) is 10.3. The summed E-state index contributed by atoms with van der Waals surface area (Å²) < 4.78 is 11.1. The van der Waals surface area contributed by atoms with Crippen LogP contribution in [0.1, 0.15) is 22.3 Å². The monoisotopic (exact) mass is 487 g/mol.